The normalized spacial score (nSPS) is 15.2. The molecule has 1 aromatic carbocycles. The van der Waals surface area contributed by atoms with Crippen molar-refractivity contribution >= 4 is 34.3 Å². The van der Waals surface area contributed by atoms with Gasteiger partial charge in [0.2, 0.25) is 0 Å². The van der Waals surface area contributed by atoms with Gasteiger partial charge in [0.1, 0.15) is 5.76 Å². The number of ether oxygens (including phenoxy) is 1. The lowest BCUT2D eigenvalue weighted by molar-refractivity contribution is -0.129. The Bertz CT molecular complexity index is 1130. The number of benzene rings is 1. The Morgan fingerprint density at radius 1 is 1.13 bits per heavy atom. The fraction of sp³-hybridized carbons (Fsp3) is 0.320. The number of rotatable bonds is 4. The zero-order valence-electron chi connectivity index (χ0n) is 17.5. The van der Waals surface area contributed by atoms with Crippen LogP contribution in [0.3, 0.4) is 0 Å². The molecule has 0 atom stereocenters. The number of ketones is 1. The molecular weight excluding hydrogens is 378 g/mol. The lowest BCUT2D eigenvalue weighted by atomic mass is 9.86. The van der Waals surface area contributed by atoms with Crippen molar-refractivity contribution in [1.29, 1.82) is 0 Å². The molecule has 3 aromatic rings. The topological polar surface area (TPSA) is 69.4 Å². The third-order valence-electron chi connectivity index (χ3n) is 5.40. The maximum Gasteiger partial charge on any atom is 0.339 e. The van der Waals surface area contributed by atoms with Crippen molar-refractivity contribution in [2.24, 2.45) is 5.41 Å². The van der Waals surface area contributed by atoms with Crippen LogP contribution in [0.4, 0.5) is 0 Å². The van der Waals surface area contributed by atoms with E-state index in [1.165, 1.54) is 0 Å². The summed E-state index contributed by atoms with van der Waals surface area (Å²) in [6.45, 7) is 5.22. The van der Waals surface area contributed by atoms with Crippen LogP contribution in [-0.2, 0) is 16.0 Å². The minimum absolute atomic E-state index is 0.110. The maximum absolute atomic E-state index is 13.1. The summed E-state index contributed by atoms with van der Waals surface area (Å²) in [5.41, 5.74) is 3.42. The van der Waals surface area contributed by atoms with Crippen molar-refractivity contribution in [2.45, 2.75) is 40.0 Å². The first-order valence-corrected chi connectivity index (χ1v) is 10.2. The maximum atomic E-state index is 13.1. The second kappa shape index (κ2) is 7.90. The quantitative estimate of drug-likeness (QED) is 0.540. The van der Waals surface area contributed by atoms with Gasteiger partial charge in [0.25, 0.3) is 0 Å². The Morgan fingerprint density at radius 3 is 2.67 bits per heavy atom. The highest BCUT2D eigenvalue weighted by Gasteiger charge is 2.28. The molecule has 0 bridgehead atoms. The number of hydrogen-bond donors (Lipinski definition) is 0. The number of fused-ring (bicyclic) bond motifs is 2. The van der Waals surface area contributed by atoms with Crippen LogP contribution in [0.5, 0.6) is 0 Å². The van der Waals surface area contributed by atoms with Gasteiger partial charge in [-0.15, -0.1) is 0 Å². The van der Waals surface area contributed by atoms with E-state index >= 15 is 0 Å². The predicted molar refractivity (Wildman–Crippen MR) is 116 cm³/mol. The highest BCUT2D eigenvalue weighted by atomic mass is 16.5. The number of esters is 1. The largest absolute Gasteiger partial charge is 0.465 e. The summed E-state index contributed by atoms with van der Waals surface area (Å²) in [6, 6.07) is 11.3. The molecule has 5 heteroatoms. The van der Waals surface area contributed by atoms with Crippen molar-refractivity contribution in [1.82, 2.24) is 4.98 Å². The molecule has 0 saturated heterocycles. The van der Waals surface area contributed by atoms with Crippen LogP contribution in [0.25, 0.3) is 22.6 Å². The average Bonchev–Trinajstić information content (AvgIpc) is 3.23. The van der Waals surface area contributed by atoms with Gasteiger partial charge in [-0.25, -0.2) is 9.78 Å². The molecule has 0 N–H and O–H groups in total. The Labute approximate surface area is 175 Å². The molecule has 4 rings (SSSR count). The third-order valence-corrected chi connectivity index (χ3v) is 5.40. The summed E-state index contributed by atoms with van der Waals surface area (Å²) in [5.74, 6) is 0.177. The van der Waals surface area contributed by atoms with Gasteiger partial charge in [0, 0.05) is 10.8 Å². The zero-order chi connectivity index (χ0) is 21.3. The van der Waals surface area contributed by atoms with Crippen molar-refractivity contribution in [2.75, 3.05) is 6.61 Å². The highest BCUT2D eigenvalue weighted by molar-refractivity contribution is 6.07. The molecule has 1 aliphatic carbocycles. The minimum Gasteiger partial charge on any atom is -0.465 e. The first kappa shape index (κ1) is 20.1. The molecule has 0 saturated carbocycles. The molecule has 0 aliphatic heterocycles. The van der Waals surface area contributed by atoms with Crippen LogP contribution < -0.4 is 0 Å². The van der Waals surface area contributed by atoms with Crippen molar-refractivity contribution in [3.8, 4) is 0 Å². The number of pyridine rings is 1. The Hall–Kier alpha value is -3.21. The molecule has 5 nitrogen and oxygen atoms in total. The highest BCUT2D eigenvalue weighted by Crippen LogP contribution is 2.36. The van der Waals surface area contributed by atoms with E-state index in [2.05, 4.69) is 0 Å². The summed E-state index contributed by atoms with van der Waals surface area (Å²) < 4.78 is 11.0. The first-order valence-electron chi connectivity index (χ1n) is 10.2. The van der Waals surface area contributed by atoms with Crippen LogP contribution in [0.2, 0.25) is 0 Å². The van der Waals surface area contributed by atoms with Gasteiger partial charge in [0.05, 0.1) is 23.0 Å². The fourth-order valence-corrected chi connectivity index (χ4v) is 3.67. The summed E-state index contributed by atoms with van der Waals surface area (Å²) >= 11 is 0. The first-order chi connectivity index (χ1) is 14.3. The number of nitrogens with zero attached hydrogens (tertiary/aromatic N) is 1. The van der Waals surface area contributed by atoms with Gasteiger partial charge in [-0.1, -0.05) is 39.0 Å². The molecule has 0 unspecified atom stereocenters. The van der Waals surface area contributed by atoms with Crippen molar-refractivity contribution in [3.05, 3.63) is 65.2 Å². The number of Topliss-reactive ketones (excluding diaryl/α,β-unsaturated/α-hetero) is 1. The molecule has 1 aliphatic rings. The molecule has 0 spiro atoms. The number of para-hydroxylation sites is 1. The summed E-state index contributed by atoms with van der Waals surface area (Å²) in [6.07, 6.45) is 6.12. The molecular formula is C25H25NO4. The van der Waals surface area contributed by atoms with Crippen LogP contribution in [0.1, 0.15) is 61.0 Å². The van der Waals surface area contributed by atoms with Crippen molar-refractivity contribution in [3.63, 3.8) is 0 Å². The molecule has 0 radical (unpaired) electrons. The number of allylic oxidation sites excluding steroid dienone is 1. The molecule has 2 aromatic heterocycles. The number of aromatic nitrogens is 1. The van der Waals surface area contributed by atoms with E-state index in [-0.39, 0.29) is 12.4 Å². The van der Waals surface area contributed by atoms with Crippen LogP contribution in [0, 0.1) is 5.41 Å². The molecule has 0 fully saturated rings. The number of carbonyl (C=O) groups excluding carboxylic acids is 2. The van der Waals surface area contributed by atoms with Crippen molar-refractivity contribution < 1.29 is 18.7 Å². The second-order valence-corrected chi connectivity index (χ2v) is 8.62. The van der Waals surface area contributed by atoms with Crippen LogP contribution in [-0.4, -0.2) is 23.3 Å². The lowest BCUT2D eigenvalue weighted by Gasteiger charge is -2.22. The molecule has 0 amide bonds. The van der Waals surface area contributed by atoms with E-state index < -0.39 is 11.4 Å². The van der Waals surface area contributed by atoms with Gasteiger partial charge in [-0.2, -0.15) is 0 Å². The monoisotopic (exact) mass is 403 g/mol. The number of hydrogen-bond acceptors (Lipinski definition) is 5. The van der Waals surface area contributed by atoms with Gasteiger partial charge in [0.15, 0.2) is 12.4 Å². The van der Waals surface area contributed by atoms with E-state index in [0.717, 1.165) is 52.8 Å². The number of furan rings is 1. The van der Waals surface area contributed by atoms with Crippen LogP contribution >= 0.6 is 0 Å². The zero-order valence-corrected chi connectivity index (χ0v) is 17.5. The summed E-state index contributed by atoms with van der Waals surface area (Å²) in [4.78, 5) is 30.3. The standard InChI is InChI=1S/C25H25NO4/c1-25(2,3)21(27)15-30-24(28)22-18-10-4-5-12-20(18)26-23-16(8-6-11-19(22)23)14-17-9-7-13-29-17/h4-5,7,9-10,12-14H,6,8,11,15H2,1-3H3. The molecule has 30 heavy (non-hydrogen) atoms. The second-order valence-electron chi connectivity index (χ2n) is 8.62. The van der Waals surface area contributed by atoms with Gasteiger partial charge in [-0.3, -0.25) is 4.79 Å². The van der Waals surface area contributed by atoms with E-state index in [4.69, 9.17) is 14.1 Å². The van der Waals surface area contributed by atoms with Gasteiger partial charge in [-0.05, 0) is 54.7 Å². The SMILES string of the molecule is CC(C)(C)C(=O)COC(=O)c1c2c(nc3ccccc13)C(=Cc1ccco1)CCC2. The van der Waals surface area contributed by atoms with Gasteiger partial charge >= 0.3 is 5.97 Å². The van der Waals surface area contributed by atoms with Crippen LogP contribution in [0.15, 0.2) is 47.1 Å². The average molecular weight is 403 g/mol. The summed E-state index contributed by atoms with van der Waals surface area (Å²) in [7, 11) is 0. The van der Waals surface area contributed by atoms with E-state index in [1.807, 2.05) is 63.2 Å². The lowest BCUT2D eigenvalue weighted by Crippen LogP contribution is -2.27. The predicted octanol–water partition coefficient (Wildman–Crippen LogP) is 5.48. The Balaban J connectivity index is 1.79. The Kier molecular flexibility index (Phi) is 5.29. The van der Waals surface area contributed by atoms with E-state index in [1.54, 1.807) is 6.26 Å². The molecule has 154 valence electrons. The van der Waals surface area contributed by atoms with E-state index in [9.17, 15) is 9.59 Å². The van der Waals surface area contributed by atoms with E-state index in [0.29, 0.717) is 5.56 Å². The minimum atomic E-state index is -0.557. The van der Waals surface area contributed by atoms with Gasteiger partial charge < -0.3 is 9.15 Å². The number of carbonyl (C=O) groups is 2. The smallest absolute Gasteiger partial charge is 0.339 e. The molecule has 2 heterocycles. The summed E-state index contributed by atoms with van der Waals surface area (Å²) in [5, 5.41) is 0.753. The Morgan fingerprint density at radius 2 is 1.93 bits per heavy atom. The fourth-order valence-electron chi connectivity index (χ4n) is 3.67. The third kappa shape index (κ3) is 3.92.